The lowest BCUT2D eigenvalue weighted by Gasteiger charge is -2.59. The second kappa shape index (κ2) is 6.68. The van der Waals surface area contributed by atoms with Gasteiger partial charge in [0.2, 0.25) is 0 Å². The minimum absolute atomic E-state index is 0.165. The monoisotopic (exact) mass is 428 g/mol. The second-order valence-electron chi connectivity index (χ2n) is 12.3. The van der Waals surface area contributed by atoms with E-state index < -0.39 is 11.9 Å². The minimum atomic E-state index is -0.428. The Morgan fingerprint density at radius 3 is 2.68 bits per heavy atom. The third-order valence-corrected chi connectivity index (χ3v) is 11.2. The van der Waals surface area contributed by atoms with E-state index in [1.54, 1.807) is 0 Å². The Morgan fingerprint density at radius 2 is 1.94 bits per heavy atom. The van der Waals surface area contributed by atoms with Gasteiger partial charge in [-0.15, -0.1) is 0 Å². The standard InChI is InChI=1S/C27H40O4/c1-15-7-10-27(30-14-15)16(2)24-22(31-27)13-21-19-6-5-17-11-18(28)12-23(29)26(17,4)20(19)8-9-25(21,24)3/h5,16,18-24,28-29H,1,6-14H2,2-4H3/t16-,18+,19-,20+,21+,22+,23-,24+,25-,26-,27-/m0/s1. The maximum atomic E-state index is 11.1. The molecule has 6 aliphatic rings. The van der Waals surface area contributed by atoms with Crippen molar-refractivity contribution < 1.29 is 19.7 Å². The molecule has 2 aliphatic heterocycles. The molecule has 11 atom stereocenters. The van der Waals surface area contributed by atoms with Gasteiger partial charge in [0, 0.05) is 24.2 Å². The van der Waals surface area contributed by atoms with Gasteiger partial charge < -0.3 is 19.7 Å². The fraction of sp³-hybridized carbons (Fsp3) is 0.852. The van der Waals surface area contributed by atoms with E-state index in [9.17, 15) is 10.2 Å². The van der Waals surface area contributed by atoms with Crippen molar-refractivity contribution >= 4 is 0 Å². The Labute approximate surface area is 187 Å². The number of rotatable bonds is 0. The van der Waals surface area contributed by atoms with Crippen LogP contribution < -0.4 is 0 Å². The summed E-state index contributed by atoms with van der Waals surface area (Å²) in [4.78, 5) is 0. The highest BCUT2D eigenvalue weighted by Gasteiger charge is 2.69. The number of hydrogen-bond acceptors (Lipinski definition) is 4. The van der Waals surface area contributed by atoms with Gasteiger partial charge >= 0.3 is 0 Å². The molecule has 4 aliphatic carbocycles. The second-order valence-corrected chi connectivity index (χ2v) is 12.3. The topological polar surface area (TPSA) is 58.9 Å². The SMILES string of the molecule is C=C1CC[C@]2(OC1)O[C@@H]1C[C@@H]3[C@H]4CC=C5C[C@@H](O)C[C@H](O)[C@]5(C)[C@@H]4CC[C@]3(C)[C@@H]1[C@@H]2C. The largest absolute Gasteiger partial charge is 0.393 e. The van der Waals surface area contributed by atoms with Crippen molar-refractivity contribution in [2.24, 2.45) is 40.4 Å². The highest BCUT2D eigenvalue weighted by Crippen LogP contribution is 2.70. The summed E-state index contributed by atoms with van der Waals surface area (Å²) in [5.41, 5.74) is 2.63. The molecule has 0 amide bonds. The van der Waals surface area contributed by atoms with Crippen LogP contribution in [-0.2, 0) is 9.47 Å². The van der Waals surface area contributed by atoms with E-state index >= 15 is 0 Å². The molecular weight excluding hydrogens is 388 g/mol. The molecule has 0 radical (unpaired) electrons. The summed E-state index contributed by atoms with van der Waals surface area (Å²) >= 11 is 0. The van der Waals surface area contributed by atoms with Crippen LogP contribution in [0.25, 0.3) is 0 Å². The average Bonchev–Trinajstić information content (AvgIpc) is 3.16. The van der Waals surface area contributed by atoms with E-state index in [2.05, 4.69) is 33.4 Å². The Hall–Kier alpha value is -0.680. The smallest absolute Gasteiger partial charge is 0.172 e. The lowest BCUT2D eigenvalue weighted by atomic mass is 9.46. The van der Waals surface area contributed by atoms with Crippen LogP contribution in [-0.4, -0.2) is 40.9 Å². The van der Waals surface area contributed by atoms with Gasteiger partial charge in [-0.05, 0) is 67.6 Å². The van der Waals surface area contributed by atoms with Gasteiger partial charge in [-0.2, -0.15) is 0 Å². The molecule has 6 rings (SSSR count). The third-order valence-electron chi connectivity index (χ3n) is 11.2. The summed E-state index contributed by atoms with van der Waals surface area (Å²) in [6, 6.07) is 0. The van der Waals surface area contributed by atoms with Crippen molar-refractivity contribution in [1.29, 1.82) is 0 Å². The molecular formula is C27H40O4. The normalized spacial score (nSPS) is 58.4. The zero-order chi connectivity index (χ0) is 21.8. The Bertz CT molecular complexity index is 808. The molecule has 0 unspecified atom stereocenters. The molecule has 0 aromatic carbocycles. The lowest BCUT2D eigenvalue weighted by Crippen LogP contribution is -2.56. The van der Waals surface area contributed by atoms with E-state index in [4.69, 9.17) is 9.47 Å². The van der Waals surface area contributed by atoms with Crippen LogP contribution in [0.3, 0.4) is 0 Å². The van der Waals surface area contributed by atoms with Crippen LogP contribution in [0.1, 0.15) is 72.1 Å². The number of ether oxygens (including phenoxy) is 2. The molecule has 172 valence electrons. The van der Waals surface area contributed by atoms with Crippen LogP contribution in [0.4, 0.5) is 0 Å². The number of allylic oxidation sites excluding steroid dienone is 1. The van der Waals surface area contributed by atoms with Gasteiger partial charge in [0.15, 0.2) is 5.79 Å². The van der Waals surface area contributed by atoms with Crippen molar-refractivity contribution in [3.63, 3.8) is 0 Å². The summed E-state index contributed by atoms with van der Waals surface area (Å²) in [5.74, 6) is 2.35. The third kappa shape index (κ3) is 2.62. The summed E-state index contributed by atoms with van der Waals surface area (Å²) in [6.45, 7) is 12.0. The van der Waals surface area contributed by atoms with Gasteiger partial charge in [0.05, 0.1) is 24.9 Å². The fourth-order valence-electron chi connectivity index (χ4n) is 9.55. The molecule has 0 aromatic rings. The van der Waals surface area contributed by atoms with Gasteiger partial charge in [0.1, 0.15) is 0 Å². The molecule has 0 bridgehead atoms. The first-order chi connectivity index (χ1) is 14.7. The molecule has 3 saturated carbocycles. The van der Waals surface area contributed by atoms with Gasteiger partial charge in [-0.25, -0.2) is 0 Å². The summed E-state index contributed by atoms with van der Waals surface area (Å²) < 4.78 is 13.2. The van der Waals surface area contributed by atoms with E-state index in [1.165, 1.54) is 24.0 Å². The van der Waals surface area contributed by atoms with Crippen molar-refractivity contribution in [3.8, 4) is 0 Å². The summed E-state index contributed by atoms with van der Waals surface area (Å²) in [7, 11) is 0. The van der Waals surface area contributed by atoms with Crippen molar-refractivity contribution in [2.75, 3.05) is 6.61 Å². The maximum Gasteiger partial charge on any atom is 0.172 e. The number of aliphatic hydroxyl groups excluding tert-OH is 2. The first kappa shape index (κ1) is 20.9. The van der Waals surface area contributed by atoms with Crippen LogP contribution >= 0.6 is 0 Å². The molecule has 0 aromatic heterocycles. The van der Waals surface area contributed by atoms with Crippen LogP contribution in [0, 0.1) is 40.4 Å². The molecule has 1 spiro atoms. The van der Waals surface area contributed by atoms with Crippen molar-refractivity contribution in [1.82, 2.24) is 0 Å². The van der Waals surface area contributed by atoms with E-state index in [0.29, 0.717) is 48.7 Å². The summed E-state index contributed by atoms with van der Waals surface area (Å²) in [5, 5.41) is 21.4. The quantitative estimate of drug-likeness (QED) is 0.554. The number of aliphatic hydroxyl groups is 2. The zero-order valence-corrected chi connectivity index (χ0v) is 19.5. The molecule has 4 heteroatoms. The minimum Gasteiger partial charge on any atom is -0.393 e. The average molecular weight is 429 g/mol. The van der Waals surface area contributed by atoms with E-state index in [-0.39, 0.29) is 16.9 Å². The molecule has 4 nitrogen and oxygen atoms in total. The molecule has 2 N–H and O–H groups in total. The summed E-state index contributed by atoms with van der Waals surface area (Å²) in [6.07, 6.45) is 9.75. The number of fused-ring (bicyclic) bond motifs is 7. The van der Waals surface area contributed by atoms with Gasteiger partial charge in [-0.1, -0.05) is 44.6 Å². The maximum absolute atomic E-state index is 11.1. The molecule has 2 saturated heterocycles. The molecule has 31 heavy (non-hydrogen) atoms. The van der Waals surface area contributed by atoms with Crippen LogP contribution in [0.5, 0.6) is 0 Å². The Morgan fingerprint density at radius 1 is 1.13 bits per heavy atom. The highest BCUT2D eigenvalue weighted by molar-refractivity contribution is 5.28. The molecule has 5 fully saturated rings. The fourth-order valence-corrected chi connectivity index (χ4v) is 9.55. The zero-order valence-electron chi connectivity index (χ0n) is 19.5. The van der Waals surface area contributed by atoms with Crippen LogP contribution in [0.15, 0.2) is 23.8 Å². The van der Waals surface area contributed by atoms with Crippen molar-refractivity contribution in [3.05, 3.63) is 23.8 Å². The highest BCUT2D eigenvalue weighted by atomic mass is 16.7. The van der Waals surface area contributed by atoms with Gasteiger partial charge in [0.25, 0.3) is 0 Å². The lowest BCUT2D eigenvalue weighted by molar-refractivity contribution is -0.255. The predicted molar refractivity (Wildman–Crippen MR) is 119 cm³/mol. The van der Waals surface area contributed by atoms with Crippen LogP contribution in [0.2, 0.25) is 0 Å². The van der Waals surface area contributed by atoms with Gasteiger partial charge in [-0.3, -0.25) is 0 Å². The van der Waals surface area contributed by atoms with E-state index in [0.717, 1.165) is 32.1 Å². The van der Waals surface area contributed by atoms with E-state index in [1.807, 2.05) is 0 Å². The predicted octanol–water partition coefficient (Wildman–Crippen LogP) is 4.60. The number of hydrogen-bond donors (Lipinski definition) is 2. The van der Waals surface area contributed by atoms with Crippen molar-refractivity contribution in [2.45, 2.75) is 96.2 Å². The Balaban J connectivity index is 1.30. The molecule has 2 heterocycles. The first-order valence-corrected chi connectivity index (χ1v) is 12.7. The first-order valence-electron chi connectivity index (χ1n) is 12.7. The Kier molecular flexibility index (Phi) is 4.50.